The first kappa shape index (κ1) is 20.8. The molecule has 0 spiro atoms. The molecule has 0 heterocycles. The van der Waals surface area contributed by atoms with E-state index in [2.05, 4.69) is 4.31 Å². The molecule has 1 N–H and O–H groups in total. The summed E-state index contributed by atoms with van der Waals surface area (Å²) in [7, 11) is -7.73. The van der Waals surface area contributed by atoms with E-state index < -0.39 is 28.6 Å². The third-order valence-corrected chi connectivity index (χ3v) is 2.84. The fourth-order valence-electron chi connectivity index (χ4n) is 0.265. The van der Waals surface area contributed by atoms with Crippen molar-refractivity contribution in [2.45, 2.75) is 0 Å². The van der Waals surface area contributed by atoms with Crippen molar-refractivity contribution >= 4 is 15.9 Å². The van der Waals surface area contributed by atoms with Crippen LogP contribution in [0.4, 0.5) is 0 Å². The van der Waals surface area contributed by atoms with Crippen LogP contribution in [0.1, 0.15) is 0 Å². The summed E-state index contributed by atoms with van der Waals surface area (Å²) in [6, 6.07) is 0. The summed E-state index contributed by atoms with van der Waals surface area (Å²) >= 11 is 0. The van der Waals surface area contributed by atoms with Crippen molar-refractivity contribution in [1.82, 2.24) is 0 Å². The van der Waals surface area contributed by atoms with E-state index in [1.165, 1.54) is 0 Å². The second-order valence-corrected chi connectivity index (χ2v) is 4.13. The van der Waals surface area contributed by atoms with E-state index in [1.807, 2.05) is 0 Å². The third-order valence-electron chi connectivity index (χ3n) is 0.565. The number of rotatable bonds is 4. The minimum atomic E-state index is -4.34. The Kier molecular flexibility index (Phi) is 19.0. The zero-order chi connectivity index (χ0) is 8.20. The SMILES string of the molecule is O=[P+]([O-])OP(=O)([O-])CCO.[K+].[K+]. The maximum Gasteiger partial charge on any atom is 1.00 e. The summed E-state index contributed by atoms with van der Waals surface area (Å²) < 4.78 is 23.4. The van der Waals surface area contributed by atoms with Crippen LogP contribution < -0.4 is 113 Å². The van der Waals surface area contributed by atoms with Crippen molar-refractivity contribution in [3.63, 3.8) is 0 Å². The standard InChI is InChI=1S/C2H6O6P2.2K/c3-1-2-10(6,7)8-9(4)5;;/h3H,1-2H2,(H,6,7);;/q;2*+1/p-1. The van der Waals surface area contributed by atoms with Crippen LogP contribution in [0.25, 0.3) is 0 Å². The molecule has 60 valence electrons. The summed E-state index contributed by atoms with van der Waals surface area (Å²) in [5.74, 6) is 0. The summed E-state index contributed by atoms with van der Waals surface area (Å²) in [6.45, 7) is -0.649. The van der Waals surface area contributed by atoms with Gasteiger partial charge in [-0.2, -0.15) is 0 Å². The molecule has 0 radical (unpaired) electrons. The quantitative estimate of drug-likeness (QED) is 0.399. The number of hydrogen-bond acceptors (Lipinski definition) is 6. The molecule has 0 rings (SSSR count). The molecular weight excluding hydrogens is 260 g/mol. The predicted molar refractivity (Wildman–Crippen MR) is 28.3 cm³/mol. The molecular formula is C2H5K2O6P2+. The Morgan fingerprint density at radius 1 is 1.50 bits per heavy atom. The molecule has 0 aliphatic rings. The Hall–Kier alpha value is 3.44. The molecule has 0 saturated carbocycles. The van der Waals surface area contributed by atoms with Crippen LogP contribution in [0.15, 0.2) is 0 Å². The van der Waals surface area contributed by atoms with Crippen LogP contribution in [0, 0.1) is 0 Å². The summed E-state index contributed by atoms with van der Waals surface area (Å²) in [6.07, 6.45) is -0.684. The van der Waals surface area contributed by atoms with Crippen molar-refractivity contribution in [2.24, 2.45) is 0 Å². The van der Waals surface area contributed by atoms with E-state index in [4.69, 9.17) is 5.11 Å². The zero-order valence-corrected chi connectivity index (χ0v) is 14.8. The molecule has 2 unspecified atom stereocenters. The van der Waals surface area contributed by atoms with Gasteiger partial charge in [0, 0.05) is 6.16 Å². The fourth-order valence-corrected chi connectivity index (χ4v) is 1.65. The van der Waals surface area contributed by atoms with Gasteiger partial charge in [-0.25, -0.2) is 0 Å². The molecule has 12 heavy (non-hydrogen) atoms. The van der Waals surface area contributed by atoms with Gasteiger partial charge in [0.05, 0.1) is 6.61 Å². The minimum Gasteiger partial charge on any atom is -0.775 e. The molecule has 0 aromatic rings. The molecule has 2 atom stereocenters. The van der Waals surface area contributed by atoms with Gasteiger partial charge in [0.15, 0.2) is 7.60 Å². The number of hydrogen-bond donors (Lipinski definition) is 1. The predicted octanol–water partition coefficient (Wildman–Crippen LogP) is -7.43. The van der Waals surface area contributed by atoms with Crippen LogP contribution in [-0.2, 0) is 13.4 Å². The molecule has 0 amide bonds. The first-order valence-electron chi connectivity index (χ1n) is 2.23. The van der Waals surface area contributed by atoms with Gasteiger partial charge in [-0.3, -0.25) is 0 Å². The number of aliphatic hydroxyl groups excluding tert-OH is 1. The minimum absolute atomic E-state index is 0. The molecule has 0 fully saturated rings. The Morgan fingerprint density at radius 3 is 2.17 bits per heavy atom. The van der Waals surface area contributed by atoms with Gasteiger partial charge < -0.3 is 19.5 Å². The fraction of sp³-hybridized carbons (Fsp3) is 1.00. The van der Waals surface area contributed by atoms with Crippen LogP contribution in [0.3, 0.4) is 0 Å². The second-order valence-electron chi connectivity index (χ2n) is 1.36. The second kappa shape index (κ2) is 10.9. The van der Waals surface area contributed by atoms with Gasteiger partial charge in [-0.1, -0.05) is 0 Å². The maximum absolute atomic E-state index is 10.3. The topological polar surface area (TPSA) is 110 Å². The van der Waals surface area contributed by atoms with Gasteiger partial charge in [-0.15, -0.1) is 4.31 Å². The molecule has 0 aliphatic heterocycles. The van der Waals surface area contributed by atoms with Gasteiger partial charge in [0.25, 0.3) is 0 Å². The maximum atomic E-state index is 10.3. The molecule has 0 aliphatic carbocycles. The van der Waals surface area contributed by atoms with E-state index in [1.54, 1.807) is 0 Å². The van der Waals surface area contributed by atoms with Gasteiger partial charge in [0.1, 0.15) is 0 Å². The van der Waals surface area contributed by atoms with E-state index in [0.29, 0.717) is 0 Å². The van der Waals surface area contributed by atoms with Crippen LogP contribution in [0.5, 0.6) is 0 Å². The van der Waals surface area contributed by atoms with Gasteiger partial charge >= 0.3 is 111 Å². The van der Waals surface area contributed by atoms with Gasteiger partial charge in [-0.05, 0) is 4.57 Å². The van der Waals surface area contributed by atoms with Crippen LogP contribution in [-0.4, -0.2) is 17.9 Å². The Morgan fingerprint density at radius 2 is 1.92 bits per heavy atom. The Labute approximate surface area is 156 Å². The average Bonchev–Trinajstić information content (AvgIpc) is 1.59. The van der Waals surface area contributed by atoms with E-state index in [-0.39, 0.29) is 103 Å². The zero-order valence-electron chi connectivity index (χ0n) is 6.80. The smallest absolute Gasteiger partial charge is 0.775 e. The molecule has 6 nitrogen and oxygen atoms in total. The Balaban J connectivity index is -0.000000405. The molecule has 0 saturated heterocycles. The molecule has 0 aromatic carbocycles. The van der Waals surface area contributed by atoms with Crippen LogP contribution >= 0.6 is 15.9 Å². The first-order chi connectivity index (χ1) is 4.48. The molecule has 10 heteroatoms. The van der Waals surface area contributed by atoms with Crippen molar-refractivity contribution in [3.05, 3.63) is 0 Å². The normalized spacial score (nSPS) is 15.1. The summed E-state index contributed by atoms with van der Waals surface area (Å²) in [5.41, 5.74) is 0. The van der Waals surface area contributed by atoms with Gasteiger partial charge in [0.2, 0.25) is 0 Å². The van der Waals surface area contributed by atoms with Crippen molar-refractivity contribution in [1.29, 1.82) is 0 Å². The van der Waals surface area contributed by atoms with Crippen molar-refractivity contribution in [3.8, 4) is 0 Å². The average molecular weight is 265 g/mol. The van der Waals surface area contributed by atoms with E-state index in [9.17, 15) is 18.9 Å². The van der Waals surface area contributed by atoms with E-state index in [0.717, 1.165) is 0 Å². The van der Waals surface area contributed by atoms with E-state index >= 15 is 0 Å². The van der Waals surface area contributed by atoms with Crippen LogP contribution in [0.2, 0.25) is 0 Å². The number of aliphatic hydroxyl groups is 1. The first-order valence-corrected chi connectivity index (χ1v) is 5.05. The largest absolute Gasteiger partial charge is 1.00 e. The Bertz CT molecular complexity index is 173. The summed E-state index contributed by atoms with van der Waals surface area (Å²) in [5, 5.41) is 8.07. The molecule has 0 aromatic heterocycles. The van der Waals surface area contributed by atoms with Crippen molar-refractivity contribution < 1.29 is 131 Å². The van der Waals surface area contributed by atoms with Crippen molar-refractivity contribution in [2.75, 3.05) is 12.8 Å². The summed E-state index contributed by atoms with van der Waals surface area (Å²) in [4.78, 5) is 20.0. The molecule has 0 bridgehead atoms. The third kappa shape index (κ3) is 13.4. The monoisotopic (exact) mass is 265 g/mol.